The van der Waals surface area contributed by atoms with Crippen LogP contribution in [-0.2, 0) is 6.54 Å². The van der Waals surface area contributed by atoms with Gasteiger partial charge in [0.15, 0.2) is 0 Å². The molecule has 0 amide bonds. The Hall–Kier alpha value is -0.740. The van der Waals surface area contributed by atoms with Crippen LogP contribution in [0.1, 0.15) is 19.5 Å². The van der Waals surface area contributed by atoms with Gasteiger partial charge < -0.3 is 10.2 Å². The number of nitrogens with zero attached hydrogens (tertiary/aromatic N) is 2. The van der Waals surface area contributed by atoms with Crippen molar-refractivity contribution in [2.24, 2.45) is 0 Å². The second-order valence-corrected chi connectivity index (χ2v) is 6.01. The first kappa shape index (κ1) is 12.7. The van der Waals surface area contributed by atoms with E-state index in [-0.39, 0.29) is 0 Å². The number of thioether (sulfide) groups is 1. The summed E-state index contributed by atoms with van der Waals surface area (Å²) in [5.74, 6) is 2.32. The Balaban J connectivity index is 2.17. The van der Waals surface area contributed by atoms with Gasteiger partial charge in [-0.25, -0.2) is 4.98 Å². The molecular weight excluding hydrogens is 230 g/mol. The molecule has 0 aromatic carbocycles. The minimum absolute atomic E-state index is 0.561. The van der Waals surface area contributed by atoms with Crippen molar-refractivity contribution >= 4 is 17.6 Å². The van der Waals surface area contributed by atoms with Gasteiger partial charge in [-0.3, -0.25) is 0 Å². The van der Waals surface area contributed by atoms with Gasteiger partial charge >= 0.3 is 0 Å². The van der Waals surface area contributed by atoms with Crippen molar-refractivity contribution in [3.8, 4) is 0 Å². The zero-order chi connectivity index (χ0) is 12.3. The Morgan fingerprint density at radius 1 is 1.47 bits per heavy atom. The standard InChI is InChI=1S/C13H21N3S/c1-10-11(2)17-8-7-16(10)13-6-4-5-12(15-13)9-14-3/h4-6,10-11,14H,7-9H2,1-3H3. The summed E-state index contributed by atoms with van der Waals surface area (Å²) in [7, 11) is 1.95. The number of pyridine rings is 1. The molecule has 1 aliphatic heterocycles. The van der Waals surface area contributed by atoms with Gasteiger partial charge in [0.25, 0.3) is 0 Å². The predicted molar refractivity (Wildman–Crippen MR) is 75.7 cm³/mol. The van der Waals surface area contributed by atoms with Crippen LogP contribution in [0.5, 0.6) is 0 Å². The van der Waals surface area contributed by atoms with E-state index in [4.69, 9.17) is 4.98 Å². The van der Waals surface area contributed by atoms with Crippen LogP contribution in [0, 0.1) is 0 Å². The second kappa shape index (κ2) is 5.74. The summed E-state index contributed by atoms with van der Waals surface area (Å²) in [5.41, 5.74) is 1.11. The van der Waals surface area contributed by atoms with Gasteiger partial charge in [0, 0.05) is 30.1 Å². The second-order valence-electron chi connectivity index (χ2n) is 4.53. The lowest BCUT2D eigenvalue weighted by molar-refractivity contribution is 0.618. The quantitative estimate of drug-likeness (QED) is 0.891. The molecule has 1 aromatic rings. The highest BCUT2D eigenvalue weighted by Gasteiger charge is 2.25. The Morgan fingerprint density at radius 2 is 2.29 bits per heavy atom. The minimum Gasteiger partial charge on any atom is -0.352 e. The molecule has 0 bridgehead atoms. The van der Waals surface area contributed by atoms with Crippen LogP contribution in [0.15, 0.2) is 18.2 Å². The number of nitrogens with one attached hydrogen (secondary N) is 1. The highest BCUT2D eigenvalue weighted by molar-refractivity contribution is 8.00. The van der Waals surface area contributed by atoms with Gasteiger partial charge in [-0.2, -0.15) is 11.8 Å². The molecule has 4 heteroatoms. The van der Waals surface area contributed by atoms with Crippen LogP contribution >= 0.6 is 11.8 Å². The summed E-state index contributed by atoms with van der Waals surface area (Å²) in [6.07, 6.45) is 0. The van der Waals surface area contributed by atoms with Crippen molar-refractivity contribution in [2.75, 3.05) is 24.2 Å². The van der Waals surface area contributed by atoms with Crippen molar-refractivity contribution in [3.63, 3.8) is 0 Å². The van der Waals surface area contributed by atoms with Crippen LogP contribution in [0.25, 0.3) is 0 Å². The Morgan fingerprint density at radius 3 is 3.06 bits per heavy atom. The number of rotatable bonds is 3. The number of hydrogen-bond acceptors (Lipinski definition) is 4. The van der Waals surface area contributed by atoms with E-state index in [9.17, 15) is 0 Å². The molecule has 94 valence electrons. The summed E-state index contributed by atoms with van der Waals surface area (Å²) in [5, 5.41) is 3.83. The van der Waals surface area contributed by atoms with E-state index in [1.165, 1.54) is 5.75 Å². The fourth-order valence-corrected chi connectivity index (χ4v) is 3.26. The monoisotopic (exact) mass is 251 g/mol. The molecule has 2 atom stereocenters. The SMILES string of the molecule is CNCc1cccc(N2CCSC(C)C2C)n1. The van der Waals surface area contributed by atoms with Crippen molar-refractivity contribution in [1.29, 1.82) is 0 Å². The lowest BCUT2D eigenvalue weighted by Crippen LogP contribution is -2.45. The van der Waals surface area contributed by atoms with Crippen LogP contribution in [0.2, 0.25) is 0 Å². The van der Waals surface area contributed by atoms with E-state index < -0.39 is 0 Å². The highest BCUT2D eigenvalue weighted by atomic mass is 32.2. The Labute approximate surface area is 108 Å². The van der Waals surface area contributed by atoms with Gasteiger partial charge in [-0.1, -0.05) is 13.0 Å². The molecule has 2 unspecified atom stereocenters. The average Bonchev–Trinajstić information content (AvgIpc) is 2.33. The zero-order valence-electron chi connectivity index (χ0n) is 10.8. The van der Waals surface area contributed by atoms with Gasteiger partial charge in [0.1, 0.15) is 5.82 Å². The molecule has 0 aliphatic carbocycles. The number of hydrogen-bond donors (Lipinski definition) is 1. The van der Waals surface area contributed by atoms with Gasteiger partial charge in [0.05, 0.1) is 5.69 Å². The third-order valence-corrected chi connectivity index (χ3v) is 4.67. The first-order valence-corrected chi connectivity index (χ1v) is 7.26. The molecule has 0 radical (unpaired) electrons. The summed E-state index contributed by atoms with van der Waals surface area (Å²) in [6.45, 7) is 6.54. The van der Waals surface area contributed by atoms with Crippen molar-refractivity contribution < 1.29 is 0 Å². The maximum Gasteiger partial charge on any atom is 0.129 e. The van der Waals surface area contributed by atoms with Crippen molar-refractivity contribution in [1.82, 2.24) is 10.3 Å². The Bertz CT molecular complexity index is 369. The summed E-state index contributed by atoms with van der Waals surface area (Å²) >= 11 is 2.06. The molecular formula is C13H21N3S. The van der Waals surface area contributed by atoms with Gasteiger partial charge in [0.2, 0.25) is 0 Å². The summed E-state index contributed by atoms with van der Waals surface area (Å²) in [4.78, 5) is 7.16. The fraction of sp³-hybridized carbons (Fsp3) is 0.615. The molecule has 1 fully saturated rings. The topological polar surface area (TPSA) is 28.2 Å². The zero-order valence-corrected chi connectivity index (χ0v) is 11.6. The molecule has 2 heterocycles. The smallest absolute Gasteiger partial charge is 0.129 e. The Kier molecular flexibility index (Phi) is 4.29. The number of aromatic nitrogens is 1. The fourth-order valence-electron chi connectivity index (χ4n) is 2.16. The molecule has 0 saturated carbocycles. The third kappa shape index (κ3) is 2.93. The molecule has 2 rings (SSSR count). The van der Waals surface area contributed by atoms with E-state index in [2.05, 4.69) is 54.0 Å². The van der Waals surface area contributed by atoms with Crippen LogP contribution in [0.4, 0.5) is 5.82 Å². The van der Waals surface area contributed by atoms with E-state index in [0.29, 0.717) is 11.3 Å². The first-order valence-electron chi connectivity index (χ1n) is 6.21. The van der Waals surface area contributed by atoms with Crippen molar-refractivity contribution in [2.45, 2.75) is 31.7 Å². The molecule has 1 aromatic heterocycles. The molecule has 1 N–H and O–H groups in total. The third-order valence-electron chi connectivity index (χ3n) is 3.33. The van der Waals surface area contributed by atoms with E-state index >= 15 is 0 Å². The van der Waals surface area contributed by atoms with Crippen molar-refractivity contribution in [3.05, 3.63) is 23.9 Å². The molecule has 3 nitrogen and oxygen atoms in total. The summed E-state index contributed by atoms with van der Waals surface area (Å²) < 4.78 is 0. The lowest BCUT2D eigenvalue weighted by Gasteiger charge is -2.38. The summed E-state index contributed by atoms with van der Waals surface area (Å²) in [6, 6.07) is 6.87. The van der Waals surface area contributed by atoms with E-state index in [1.807, 2.05) is 7.05 Å². The lowest BCUT2D eigenvalue weighted by atomic mass is 10.2. The van der Waals surface area contributed by atoms with Crippen LogP contribution in [-0.4, -0.2) is 35.6 Å². The molecule has 1 aliphatic rings. The predicted octanol–water partition coefficient (Wildman–Crippen LogP) is 2.13. The maximum absolute atomic E-state index is 4.73. The average molecular weight is 251 g/mol. The normalized spacial score (nSPS) is 25.0. The molecule has 0 spiro atoms. The largest absolute Gasteiger partial charge is 0.352 e. The van der Waals surface area contributed by atoms with Gasteiger partial charge in [-0.05, 0) is 26.1 Å². The minimum atomic E-state index is 0.561. The molecule has 1 saturated heterocycles. The van der Waals surface area contributed by atoms with Gasteiger partial charge in [-0.15, -0.1) is 0 Å². The molecule has 17 heavy (non-hydrogen) atoms. The highest BCUT2D eigenvalue weighted by Crippen LogP contribution is 2.27. The number of anilines is 1. The van der Waals surface area contributed by atoms with Crippen LogP contribution in [0.3, 0.4) is 0 Å². The van der Waals surface area contributed by atoms with Crippen LogP contribution < -0.4 is 10.2 Å². The van der Waals surface area contributed by atoms with E-state index in [1.54, 1.807) is 0 Å². The maximum atomic E-state index is 4.73. The van der Waals surface area contributed by atoms with E-state index in [0.717, 1.165) is 24.6 Å². The first-order chi connectivity index (χ1) is 8.22.